The second-order valence-corrected chi connectivity index (χ2v) is 1.96. The van der Waals surface area contributed by atoms with Gasteiger partial charge in [0.1, 0.15) is 0 Å². The summed E-state index contributed by atoms with van der Waals surface area (Å²) in [5.74, 6) is 0.120. The van der Waals surface area contributed by atoms with E-state index in [2.05, 4.69) is 22.2 Å². The van der Waals surface area contributed by atoms with Gasteiger partial charge < -0.3 is 15.1 Å². The topological polar surface area (TPSA) is 51.8 Å². The molecule has 0 aromatic carbocycles. The fraction of sp³-hybridized carbons (Fsp3) is 0.250. The van der Waals surface area contributed by atoms with Gasteiger partial charge >= 0.3 is 0 Å². The van der Waals surface area contributed by atoms with Gasteiger partial charge in [-0.2, -0.15) is 0 Å². The minimum absolute atomic E-state index is 0.120. The molecule has 0 fully saturated rings. The standard InChI is InChI=1S/C4H6N2OS/c1-2-3(7)6-4(8)5-2/h7H,1H3,(H2,5,6,8). The first-order valence-electron chi connectivity index (χ1n) is 2.18. The normalized spacial score (nSPS) is 9.62. The molecule has 1 heterocycles. The van der Waals surface area contributed by atoms with Gasteiger partial charge in [0.15, 0.2) is 4.77 Å². The Labute approximate surface area is 51.4 Å². The van der Waals surface area contributed by atoms with E-state index in [0.717, 1.165) is 0 Å². The lowest BCUT2D eigenvalue weighted by Crippen LogP contribution is -1.65. The van der Waals surface area contributed by atoms with Crippen molar-refractivity contribution in [1.82, 2.24) is 9.97 Å². The average Bonchev–Trinajstić information content (AvgIpc) is 1.85. The van der Waals surface area contributed by atoms with Crippen LogP contribution >= 0.6 is 12.2 Å². The van der Waals surface area contributed by atoms with Crippen molar-refractivity contribution >= 4 is 12.2 Å². The van der Waals surface area contributed by atoms with Gasteiger partial charge in [0.25, 0.3) is 0 Å². The first kappa shape index (κ1) is 5.37. The second kappa shape index (κ2) is 1.63. The van der Waals surface area contributed by atoms with E-state index in [4.69, 9.17) is 5.11 Å². The molecule has 0 amide bonds. The van der Waals surface area contributed by atoms with Crippen molar-refractivity contribution < 1.29 is 5.11 Å². The van der Waals surface area contributed by atoms with Crippen LogP contribution in [0, 0.1) is 11.7 Å². The lowest BCUT2D eigenvalue weighted by molar-refractivity contribution is 0.452. The van der Waals surface area contributed by atoms with E-state index >= 15 is 0 Å². The highest BCUT2D eigenvalue weighted by Crippen LogP contribution is 2.07. The Morgan fingerprint density at radius 2 is 2.12 bits per heavy atom. The van der Waals surface area contributed by atoms with Crippen molar-refractivity contribution in [3.63, 3.8) is 0 Å². The molecule has 0 unspecified atom stereocenters. The highest BCUT2D eigenvalue weighted by Gasteiger charge is 1.92. The number of hydrogen-bond donors (Lipinski definition) is 3. The maximum Gasteiger partial charge on any atom is 0.210 e. The Morgan fingerprint density at radius 1 is 1.50 bits per heavy atom. The third-order valence-corrected chi connectivity index (χ3v) is 1.09. The Morgan fingerprint density at radius 3 is 2.25 bits per heavy atom. The van der Waals surface area contributed by atoms with Crippen LogP contribution in [0.4, 0.5) is 0 Å². The van der Waals surface area contributed by atoms with Crippen LogP contribution in [-0.4, -0.2) is 15.1 Å². The number of H-pyrrole nitrogens is 2. The number of hydrogen-bond acceptors (Lipinski definition) is 2. The molecular formula is C4H6N2OS. The molecule has 0 atom stereocenters. The molecular weight excluding hydrogens is 124 g/mol. The third-order valence-electron chi connectivity index (χ3n) is 0.888. The van der Waals surface area contributed by atoms with Crippen LogP contribution in [0.5, 0.6) is 5.88 Å². The molecule has 0 bridgehead atoms. The van der Waals surface area contributed by atoms with Crippen LogP contribution in [0.25, 0.3) is 0 Å². The van der Waals surface area contributed by atoms with E-state index in [0.29, 0.717) is 10.5 Å². The minimum Gasteiger partial charge on any atom is -0.493 e. The zero-order valence-electron chi connectivity index (χ0n) is 4.36. The number of aryl methyl sites for hydroxylation is 1. The average molecular weight is 130 g/mol. The molecule has 3 nitrogen and oxygen atoms in total. The summed E-state index contributed by atoms with van der Waals surface area (Å²) in [5, 5.41) is 8.79. The molecule has 0 aliphatic heterocycles. The highest BCUT2D eigenvalue weighted by molar-refractivity contribution is 7.71. The Balaban J connectivity index is 3.35. The number of aromatic nitrogens is 2. The van der Waals surface area contributed by atoms with Gasteiger partial charge in [-0.25, -0.2) is 0 Å². The molecule has 1 rings (SSSR count). The summed E-state index contributed by atoms with van der Waals surface area (Å²) in [6, 6.07) is 0. The molecule has 0 aliphatic carbocycles. The molecule has 0 spiro atoms. The van der Waals surface area contributed by atoms with E-state index in [1.165, 1.54) is 0 Å². The van der Waals surface area contributed by atoms with Crippen molar-refractivity contribution in [1.29, 1.82) is 0 Å². The zero-order valence-corrected chi connectivity index (χ0v) is 5.17. The molecule has 4 heteroatoms. The van der Waals surface area contributed by atoms with Crippen molar-refractivity contribution in [2.45, 2.75) is 6.92 Å². The molecule has 0 saturated carbocycles. The van der Waals surface area contributed by atoms with Crippen LogP contribution in [0.2, 0.25) is 0 Å². The number of aromatic amines is 2. The van der Waals surface area contributed by atoms with Gasteiger partial charge in [0.05, 0.1) is 5.69 Å². The number of rotatable bonds is 0. The maximum absolute atomic E-state index is 8.79. The van der Waals surface area contributed by atoms with Crippen LogP contribution in [0.1, 0.15) is 5.69 Å². The van der Waals surface area contributed by atoms with Gasteiger partial charge in [-0.3, -0.25) is 0 Å². The summed E-state index contributed by atoms with van der Waals surface area (Å²) in [7, 11) is 0. The summed E-state index contributed by atoms with van der Waals surface area (Å²) < 4.78 is 0.458. The summed E-state index contributed by atoms with van der Waals surface area (Å²) in [6.07, 6.45) is 0. The quantitative estimate of drug-likeness (QED) is 0.460. The summed E-state index contributed by atoms with van der Waals surface area (Å²) in [4.78, 5) is 5.24. The van der Waals surface area contributed by atoms with Crippen molar-refractivity contribution in [3.8, 4) is 5.88 Å². The number of aromatic hydroxyl groups is 1. The second-order valence-electron chi connectivity index (χ2n) is 1.55. The van der Waals surface area contributed by atoms with E-state index in [1.807, 2.05) is 0 Å². The van der Waals surface area contributed by atoms with E-state index < -0.39 is 0 Å². The largest absolute Gasteiger partial charge is 0.493 e. The SMILES string of the molecule is Cc1[nH]c(=S)[nH]c1O. The number of nitrogens with one attached hydrogen (secondary N) is 2. The number of imidazole rings is 1. The highest BCUT2D eigenvalue weighted by atomic mass is 32.1. The summed E-state index contributed by atoms with van der Waals surface area (Å²) in [6.45, 7) is 1.74. The van der Waals surface area contributed by atoms with Crippen LogP contribution < -0.4 is 0 Å². The first-order valence-corrected chi connectivity index (χ1v) is 2.59. The van der Waals surface area contributed by atoms with Crippen LogP contribution in [0.3, 0.4) is 0 Å². The molecule has 1 aromatic heterocycles. The Kier molecular flexibility index (Phi) is 1.09. The maximum atomic E-state index is 8.79. The van der Waals surface area contributed by atoms with Gasteiger partial charge in [-0.05, 0) is 19.1 Å². The fourth-order valence-electron chi connectivity index (χ4n) is 0.462. The molecule has 0 saturated heterocycles. The van der Waals surface area contributed by atoms with Crippen molar-refractivity contribution in [3.05, 3.63) is 10.5 Å². The van der Waals surface area contributed by atoms with Crippen LogP contribution in [-0.2, 0) is 0 Å². The smallest absolute Gasteiger partial charge is 0.210 e. The first-order chi connectivity index (χ1) is 3.70. The van der Waals surface area contributed by atoms with E-state index in [-0.39, 0.29) is 5.88 Å². The molecule has 8 heavy (non-hydrogen) atoms. The van der Waals surface area contributed by atoms with Crippen LogP contribution in [0.15, 0.2) is 0 Å². The predicted octanol–water partition coefficient (Wildman–Crippen LogP) is 1.09. The predicted molar refractivity (Wildman–Crippen MR) is 32.4 cm³/mol. The Hall–Kier alpha value is -0.770. The third kappa shape index (κ3) is 0.742. The summed E-state index contributed by atoms with van der Waals surface area (Å²) in [5.41, 5.74) is 0.676. The van der Waals surface area contributed by atoms with E-state index in [1.54, 1.807) is 6.92 Å². The van der Waals surface area contributed by atoms with Gasteiger partial charge in [0.2, 0.25) is 5.88 Å². The van der Waals surface area contributed by atoms with Gasteiger partial charge in [-0.15, -0.1) is 0 Å². The lowest BCUT2D eigenvalue weighted by atomic mass is 10.5. The molecule has 0 radical (unpaired) electrons. The monoisotopic (exact) mass is 130 g/mol. The molecule has 0 aliphatic rings. The Bertz CT molecular complexity index is 214. The van der Waals surface area contributed by atoms with Gasteiger partial charge in [0, 0.05) is 0 Å². The van der Waals surface area contributed by atoms with E-state index in [9.17, 15) is 0 Å². The van der Waals surface area contributed by atoms with Crippen molar-refractivity contribution in [2.75, 3.05) is 0 Å². The lowest BCUT2D eigenvalue weighted by Gasteiger charge is -1.79. The fourth-order valence-corrected chi connectivity index (χ4v) is 0.712. The zero-order chi connectivity index (χ0) is 6.15. The molecule has 3 N–H and O–H groups in total. The van der Waals surface area contributed by atoms with Crippen molar-refractivity contribution in [2.24, 2.45) is 0 Å². The molecule has 44 valence electrons. The molecule has 1 aromatic rings. The summed E-state index contributed by atoms with van der Waals surface area (Å²) >= 11 is 4.65. The van der Waals surface area contributed by atoms with Gasteiger partial charge in [-0.1, -0.05) is 0 Å². The minimum atomic E-state index is 0.120.